The van der Waals surface area contributed by atoms with Crippen LogP contribution in [0.4, 0.5) is 0 Å². The minimum Gasteiger partial charge on any atom is -0.467 e. The highest BCUT2D eigenvalue weighted by atomic mass is 32.2. The fraction of sp³-hybridized carbons (Fsp3) is 0.421. The molecule has 2 amide bonds. The Bertz CT molecular complexity index is 976. The Morgan fingerprint density at radius 3 is 2.79 bits per heavy atom. The van der Waals surface area contributed by atoms with Crippen LogP contribution >= 0.6 is 11.3 Å². The molecule has 0 N–H and O–H groups in total. The third kappa shape index (κ3) is 4.59. The van der Waals surface area contributed by atoms with Crippen molar-refractivity contribution in [1.29, 1.82) is 0 Å². The molecule has 10 heteroatoms. The fourth-order valence-corrected chi connectivity index (χ4v) is 5.95. The maximum Gasteiger partial charge on any atom is 0.270 e. The molecule has 0 spiro atoms. The van der Waals surface area contributed by atoms with Gasteiger partial charge < -0.3 is 9.32 Å². The summed E-state index contributed by atoms with van der Waals surface area (Å²) < 4.78 is 29.0. The Morgan fingerprint density at radius 1 is 1.28 bits per heavy atom. The molecule has 29 heavy (non-hydrogen) atoms. The Kier molecular flexibility index (Phi) is 5.55. The van der Waals surface area contributed by atoms with Crippen molar-refractivity contribution < 1.29 is 22.4 Å². The number of nitrogens with zero attached hydrogens (tertiary/aromatic N) is 3. The van der Waals surface area contributed by atoms with Gasteiger partial charge in [-0.25, -0.2) is 13.4 Å². The summed E-state index contributed by atoms with van der Waals surface area (Å²) in [6, 6.07) is 6.95. The topological polar surface area (TPSA) is 100 Å². The van der Waals surface area contributed by atoms with E-state index >= 15 is 0 Å². The lowest BCUT2D eigenvalue weighted by Crippen LogP contribution is -2.44. The molecule has 1 unspecified atom stereocenters. The van der Waals surface area contributed by atoms with Crippen molar-refractivity contribution in [1.82, 2.24) is 9.91 Å². The van der Waals surface area contributed by atoms with Crippen LogP contribution in [0.5, 0.6) is 0 Å². The molecule has 2 aromatic rings. The second kappa shape index (κ2) is 8.11. The highest BCUT2D eigenvalue weighted by Crippen LogP contribution is 2.23. The van der Waals surface area contributed by atoms with Crippen molar-refractivity contribution in [2.24, 2.45) is 5.10 Å². The zero-order chi connectivity index (χ0) is 20.4. The van der Waals surface area contributed by atoms with E-state index in [1.807, 2.05) is 17.5 Å². The smallest absolute Gasteiger partial charge is 0.270 e. The number of carbonyl (C=O) groups excluding carboxylic acids is 2. The summed E-state index contributed by atoms with van der Waals surface area (Å²) in [5.41, 5.74) is 0.275. The van der Waals surface area contributed by atoms with Crippen LogP contribution in [0.15, 0.2) is 45.4 Å². The molecule has 2 aliphatic rings. The Hall–Kier alpha value is -2.46. The largest absolute Gasteiger partial charge is 0.467 e. The minimum absolute atomic E-state index is 0.0449. The summed E-state index contributed by atoms with van der Waals surface area (Å²) in [4.78, 5) is 28.2. The molecule has 1 atom stereocenters. The molecule has 4 heterocycles. The molecule has 4 rings (SSSR count). The van der Waals surface area contributed by atoms with Crippen LogP contribution in [0.1, 0.15) is 29.9 Å². The molecule has 8 nitrogen and oxygen atoms in total. The van der Waals surface area contributed by atoms with E-state index in [9.17, 15) is 18.0 Å². The quantitative estimate of drug-likeness (QED) is 0.691. The maximum atomic E-state index is 13.2. The number of carbonyl (C=O) groups is 2. The molecular weight excluding hydrogens is 414 g/mol. The molecule has 0 saturated carbocycles. The van der Waals surface area contributed by atoms with Crippen LogP contribution < -0.4 is 0 Å². The Balaban J connectivity index is 1.56. The average molecular weight is 436 g/mol. The third-order valence-corrected chi connectivity index (χ3v) is 7.61. The monoisotopic (exact) mass is 435 g/mol. The van der Waals surface area contributed by atoms with Gasteiger partial charge in [0.25, 0.3) is 5.91 Å². The third-order valence-electron chi connectivity index (χ3n) is 5.00. The van der Waals surface area contributed by atoms with Gasteiger partial charge in [-0.05, 0) is 30.0 Å². The van der Waals surface area contributed by atoms with Gasteiger partial charge in [0.15, 0.2) is 9.84 Å². The van der Waals surface area contributed by atoms with Crippen LogP contribution in [-0.2, 0) is 32.5 Å². The second-order valence-electron chi connectivity index (χ2n) is 7.16. The Labute approximate surface area is 172 Å². The van der Waals surface area contributed by atoms with E-state index in [1.54, 1.807) is 34.6 Å². The van der Waals surface area contributed by atoms with Gasteiger partial charge in [0.2, 0.25) is 5.91 Å². The molecule has 0 aromatic carbocycles. The van der Waals surface area contributed by atoms with Crippen molar-refractivity contribution in [3.63, 3.8) is 0 Å². The lowest BCUT2D eigenvalue weighted by Gasteiger charge is -2.29. The van der Waals surface area contributed by atoms with Gasteiger partial charge in [-0.2, -0.15) is 5.10 Å². The van der Waals surface area contributed by atoms with Crippen molar-refractivity contribution in [3.8, 4) is 0 Å². The van der Waals surface area contributed by atoms with E-state index in [0.717, 1.165) is 4.88 Å². The first-order valence-corrected chi connectivity index (χ1v) is 12.1. The predicted molar refractivity (Wildman–Crippen MR) is 108 cm³/mol. The second-order valence-corrected chi connectivity index (χ2v) is 10.4. The van der Waals surface area contributed by atoms with Crippen molar-refractivity contribution in [3.05, 3.63) is 46.5 Å². The van der Waals surface area contributed by atoms with Crippen molar-refractivity contribution in [2.75, 3.05) is 11.5 Å². The van der Waals surface area contributed by atoms with E-state index < -0.39 is 15.9 Å². The molecular formula is C19H21N3O5S2. The van der Waals surface area contributed by atoms with Gasteiger partial charge in [-0.15, -0.1) is 11.3 Å². The number of rotatable bonds is 6. The minimum atomic E-state index is -3.16. The van der Waals surface area contributed by atoms with E-state index in [-0.39, 0.29) is 48.4 Å². The van der Waals surface area contributed by atoms with Gasteiger partial charge in [0, 0.05) is 17.7 Å². The number of thiophene rings is 1. The lowest BCUT2D eigenvalue weighted by molar-refractivity contribution is -0.134. The number of amides is 2. The zero-order valence-corrected chi connectivity index (χ0v) is 17.3. The highest BCUT2D eigenvalue weighted by molar-refractivity contribution is 7.91. The average Bonchev–Trinajstić information content (AvgIpc) is 3.44. The van der Waals surface area contributed by atoms with Crippen LogP contribution in [-0.4, -0.2) is 53.4 Å². The summed E-state index contributed by atoms with van der Waals surface area (Å²) >= 11 is 1.55. The number of sulfone groups is 1. The summed E-state index contributed by atoms with van der Waals surface area (Å²) in [5.74, 6) is 0.0897. The summed E-state index contributed by atoms with van der Waals surface area (Å²) in [7, 11) is -3.16. The molecule has 154 valence electrons. The molecule has 0 bridgehead atoms. The molecule has 2 aliphatic heterocycles. The van der Waals surface area contributed by atoms with Crippen LogP contribution in [0.2, 0.25) is 0 Å². The lowest BCUT2D eigenvalue weighted by atomic mass is 10.1. The van der Waals surface area contributed by atoms with Gasteiger partial charge in [0.1, 0.15) is 11.5 Å². The zero-order valence-electron chi connectivity index (χ0n) is 15.7. The number of hydrogen-bond acceptors (Lipinski definition) is 7. The number of hydrogen-bond donors (Lipinski definition) is 0. The Morgan fingerprint density at radius 2 is 2.14 bits per heavy atom. The molecule has 1 saturated heterocycles. The summed E-state index contributed by atoms with van der Waals surface area (Å²) in [6.07, 6.45) is 2.30. The molecule has 2 aromatic heterocycles. The number of hydrazone groups is 1. The number of furan rings is 1. The summed E-state index contributed by atoms with van der Waals surface area (Å²) in [5, 5.41) is 7.48. The predicted octanol–water partition coefficient (Wildman–Crippen LogP) is 2.04. The molecule has 0 aliphatic carbocycles. The first kappa shape index (κ1) is 19.8. The van der Waals surface area contributed by atoms with Gasteiger partial charge >= 0.3 is 0 Å². The van der Waals surface area contributed by atoms with E-state index in [0.29, 0.717) is 18.7 Å². The van der Waals surface area contributed by atoms with E-state index in [4.69, 9.17) is 4.42 Å². The van der Waals surface area contributed by atoms with Crippen LogP contribution in [0.3, 0.4) is 0 Å². The highest BCUT2D eigenvalue weighted by Gasteiger charge is 2.38. The molecule has 1 fully saturated rings. The normalized spacial score (nSPS) is 21.2. The standard InChI is InChI=1S/C19H21N3O5S2/c23-18-6-5-17(20-22(18)14-7-10-29(25,26)13-14)19(24)21(11-15-3-1-8-27-15)12-16-4-2-9-28-16/h1-4,8-9,14H,5-7,10-13H2. The van der Waals surface area contributed by atoms with E-state index in [1.165, 1.54) is 5.01 Å². The van der Waals surface area contributed by atoms with Gasteiger partial charge in [0.05, 0.1) is 36.9 Å². The van der Waals surface area contributed by atoms with Crippen molar-refractivity contribution in [2.45, 2.75) is 38.4 Å². The first-order chi connectivity index (χ1) is 13.9. The van der Waals surface area contributed by atoms with E-state index in [2.05, 4.69) is 5.10 Å². The molecule has 0 radical (unpaired) electrons. The SMILES string of the molecule is O=C(C1=NN(C2CCS(=O)(=O)C2)C(=O)CC1)N(Cc1ccco1)Cc1cccs1. The van der Waals surface area contributed by atoms with Gasteiger partial charge in [-0.3, -0.25) is 9.59 Å². The fourth-order valence-electron chi connectivity index (χ4n) is 3.54. The van der Waals surface area contributed by atoms with Crippen LogP contribution in [0, 0.1) is 0 Å². The summed E-state index contributed by atoms with van der Waals surface area (Å²) in [6.45, 7) is 0.691. The maximum absolute atomic E-state index is 13.2. The van der Waals surface area contributed by atoms with Crippen molar-refractivity contribution >= 4 is 38.7 Å². The van der Waals surface area contributed by atoms with Gasteiger partial charge in [-0.1, -0.05) is 6.07 Å². The van der Waals surface area contributed by atoms with Crippen LogP contribution in [0.25, 0.3) is 0 Å². The first-order valence-electron chi connectivity index (χ1n) is 9.35.